The molecule has 0 rings (SSSR count). The number of nitrogens with two attached hydrogens (primary N) is 1. The van der Waals surface area contributed by atoms with Crippen molar-refractivity contribution in [2.45, 2.75) is 24.7 Å². The van der Waals surface area contributed by atoms with Gasteiger partial charge in [0, 0.05) is 6.42 Å². The van der Waals surface area contributed by atoms with E-state index in [1.807, 2.05) is 0 Å². The summed E-state index contributed by atoms with van der Waals surface area (Å²) in [5.41, 5.74) is 5.06. The Balaban J connectivity index is 3.83. The molecule has 0 heterocycles. The van der Waals surface area contributed by atoms with Crippen LogP contribution >= 0.6 is 0 Å². The zero-order valence-corrected chi connectivity index (χ0v) is 6.42. The molecule has 6 N–H and O–H groups in total. The maximum atomic E-state index is 10.2. The predicted molar refractivity (Wildman–Crippen MR) is 39.3 cm³/mol. The lowest BCUT2D eigenvalue weighted by molar-refractivity contribution is -0.140. The summed E-state index contributed by atoms with van der Waals surface area (Å²) in [5, 5.41) is 34.5. The van der Waals surface area contributed by atoms with Crippen molar-refractivity contribution in [3.63, 3.8) is 0 Å². The topological polar surface area (TPSA) is 124 Å². The molecule has 0 aliphatic heterocycles. The molecule has 6 heteroatoms. The lowest BCUT2D eigenvalue weighted by Gasteiger charge is -2.16. The van der Waals surface area contributed by atoms with Crippen LogP contribution in [0.1, 0.15) is 6.42 Å². The van der Waals surface area contributed by atoms with Crippen LogP contribution in [0.4, 0.5) is 0 Å². The number of aliphatic hydroxyl groups excluding tert-OH is 3. The first kappa shape index (κ1) is 11.3. The standard InChI is InChI=1S/C6H13NO5/c7-3(6(11)12)1-4(9)5(10)2-8/h3-5,8-10H,1-2,7H2,(H,11,12)/t3?,4-,5-/m0/s1. The van der Waals surface area contributed by atoms with Crippen LogP contribution in [-0.4, -0.2) is 51.3 Å². The van der Waals surface area contributed by atoms with Gasteiger partial charge >= 0.3 is 5.97 Å². The summed E-state index contributed by atoms with van der Waals surface area (Å²) in [6, 6.07) is -1.22. The lowest BCUT2D eigenvalue weighted by Crippen LogP contribution is -2.39. The highest BCUT2D eigenvalue weighted by atomic mass is 16.4. The van der Waals surface area contributed by atoms with Crippen molar-refractivity contribution in [3.8, 4) is 0 Å². The largest absolute Gasteiger partial charge is 0.480 e. The first-order chi connectivity index (χ1) is 5.49. The van der Waals surface area contributed by atoms with Gasteiger partial charge in [0.1, 0.15) is 12.1 Å². The Morgan fingerprint density at radius 2 is 1.83 bits per heavy atom. The zero-order valence-electron chi connectivity index (χ0n) is 6.42. The Morgan fingerprint density at radius 3 is 2.17 bits per heavy atom. The maximum Gasteiger partial charge on any atom is 0.320 e. The van der Waals surface area contributed by atoms with Crippen LogP contribution in [0, 0.1) is 0 Å². The average molecular weight is 179 g/mol. The molecule has 0 aromatic carbocycles. The second-order valence-electron chi connectivity index (χ2n) is 2.50. The summed E-state index contributed by atoms with van der Waals surface area (Å²) in [6.07, 6.45) is -2.92. The summed E-state index contributed by atoms with van der Waals surface area (Å²) in [7, 11) is 0. The molecule has 3 atom stereocenters. The van der Waals surface area contributed by atoms with Crippen molar-refractivity contribution >= 4 is 5.97 Å². The Morgan fingerprint density at radius 1 is 1.33 bits per heavy atom. The van der Waals surface area contributed by atoms with Crippen LogP contribution in [-0.2, 0) is 4.79 Å². The molecule has 72 valence electrons. The Kier molecular flexibility index (Phi) is 4.75. The van der Waals surface area contributed by atoms with E-state index in [1.165, 1.54) is 0 Å². The monoisotopic (exact) mass is 179 g/mol. The van der Waals surface area contributed by atoms with E-state index in [-0.39, 0.29) is 6.42 Å². The van der Waals surface area contributed by atoms with Crippen molar-refractivity contribution in [1.29, 1.82) is 0 Å². The fourth-order valence-electron chi connectivity index (χ4n) is 0.640. The van der Waals surface area contributed by atoms with E-state index in [1.54, 1.807) is 0 Å². The van der Waals surface area contributed by atoms with Crippen LogP contribution in [0.3, 0.4) is 0 Å². The average Bonchev–Trinajstić information content (AvgIpc) is 2.02. The Labute approximate surface area is 69.2 Å². The van der Waals surface area contributed by atoms with Crippen molar-refractivity contribution in [2.24, 2.45) is 5.73 Å². The van der Waals surface area contributed by atoms with Gasteiger partial charge in [0.25, 0.3) is 0 Å². The van der Waals surface area contributed by atoms with Gasteiger partial charge in [-0.2, -0.15) is 0 Å². The molecule has 0 bridgehead atoms. The minimum absolute atomic E-state index is 0.281. The van der Waals surface area contributed by atoms with Crippen molar-refractivity contribution < 1.29 is 25.2 Å². The van der Waals surface area contributed by atoms with E-state index in [4.69, 9.17) is 26.2 Å². The van der Waals surface area contributed by atoms with Crippen molar-refractivity contribution in [3.05, 3.63) is 0 Å². The van der Waals surface area contributed by atoms with E-state index in [9.17, 15) is 4.79 Å². The quantitative estimate of drug-likeness (QED) is 0.318. The Hall–Kier alpha value is -0.690. The summed E-state index contributed by atoms with van der Waals surface area (Å²) in [5.74, 6) is -1.25. The molecule has 6 nitrogen and oxygen atoms in total. The van der Waals surface area contributed by atoms with Crippen LogP contribution in [0.5, 0.6) is 0 Å². The summed E-state index contributed by atoms with van der Waals surface area (Å²) >= 11 is 0. The molecule has 0 aliphatic rings. The number of aliphatic carboxylic acids is 1. The minimum Gasteiger partial charge on any atom is -0.480 e. The van der Waals surface area contributed by atoms with Crippen LogP contribution < -0.4 is 5.73 Å². The predicted octanol–water partition coefficient (Wildman–Crippen LogP) is -2.50. The highest BCUT2D eigenvalue weighted by Crippen LogP contribution is 2.01. The minimum atomic E-state index is -1.34. The smallest absolute Gasteiger partial charge is 0.320 e. The van der Waals surface area contributed by atoms with Gasteiger partial charge in [0.2, 0.25) is 0 Å². The van der Waals surface area contributed by atoms with Gasteiger partial charge in [0.15, 0.2) is 0 Å². The molecule has 0 aliphatic carbocycles. The summed E-state index contributed by atoms with van der Waals surface area (Å²) in [6.45, 7) is -0.618. The molecule has 0 fully saturated rings. The third-order valence-electron chi connectivity index (χ3n) is 1.44. The molecule has 0 aromatic heterocycles. The third kappa shape index (κ3) is 3.63. The second-order valence-corrected chi connectivity index (χ2v) is 2.50. The van der Waals surface area contributed by atoms with Gasteiger partial charge in [-0.05, 0) is 0 Å². The maximum absolute atomic E-state index is 10.2. The molecule has 0 saturated carbocycles. The molecule has 0 saturated heterocycles. The van der Waals surface area contributed by atoms with Gasteiger partial charge in [-0.15, -0.1) is 0 Å². The van der Waals surface area contributed by atoms with Crippen LogP contribution in [0.15, 0.2) is 0 Å². The molecular weight excluding hydrogens is 166 g/mol. The highest BCUT2D eigenvalue weighted by molar-refractivity contribution is 5.73. The van der Waals surface area contributed by atoms with Crippen molar-refractivity contribution in [1.82, 2.24) is 0 Å². The first-order valence-corrected chi connectivity index (χ1v) is 3.44. The van der Waals surface area contributed by atoms with Crippen LogP contribution in [0.2, 0.25) is 0 Å². The van der Waals surface area contributed by atoms with Crippen molar-refractivity contribution in [2.75, 3.05) is 6.61 Å². The summed E-state index contributed by atoms with van der Waals surface area (Å²) < 4.78 is 0. The summed E-state index contributed by atoms with van der Waals surface area (Å²) in [4.78, 5) is 10.2. The number of aliphatic hydroxyl groups is 3. The molecule has 0 amide bonds. The molecule has 1 unspecified atom stereocenters. The van der Waals surface area contributed by atoms with Gasteiger partial charge in [0.05, 0.1) is 12.7 Å². The number of hydrogen-bond acceptors (Lipinski definition) is 5. The molecule has 0 radical (unpaired) electrons. The molecule has 0 aromatic rings. The van der Waals surface area contributed by atoms with Crippen LogP contribution in [0.25, 0.3) is 0 Å². The van der Waals surface area contributed by atoms with E-state index >= 15 is 0 Å². The number of hydrogen-bond donors (Lipinski definition) is 5. The zero-order chi connectivity index (χ0) is 9.72. The highest BCUT2D eigenvalue weighted by Gasteiger charge is 2.21. The SMILES string of the molecule is NC(C[C@H](O)[C@@H](O)CO)C(=O)O. The number of carboxylic acid groups (broad SMARTS) is 1. The number of rotatable bonds is 5. The van der Waals surface area contributed by atoms with Gasteiger partial charge < -0.3 is 26.2 Å². The normalized spacial score (nSPS) is 18.3. The van der Waals surface area contributed by atoms with Gasteiger partial charge in [-0.3, -0.25) is 4.79 Å². The van der Waals surface area contributed by atoms with Gasteiger partial charge in [-0.1, -0.05) is 0 Å². The second kappa shape index (κ2) is 5.04. The fourth-order valence-corrected chi connectivity index (χ4v) is 0.640. The number of carbonyl (C=O) groups is 1. The number of carboxylic acids is 1. The first-order valence-electron chi connectivity index (χ1n) is 3.44. The van der Waals surface area contributed by atoms with E-state index in [0.29, 0.717) is 0 Å². The molecular formula is C6H13NO5. The molecule has 0 spiro atoms. The van der Waals surface area contributed by atoms with E-state index < -0.39 is 30.8 Å². The lowest BCUT2D eigenvalue weighted by atomic mass is 10.1. The Bertz CT molecular complexity index is 151. The molecule has 12 heavy (non-hydrogen) atoms. The third-order valence-corrected chi connectivity index (χ3v) is 1.44. The van der Waals surface area contributed by atoms with E-state index in [2.05, 4.69) is 0 Å². The fraction of sp³-hybridized carbons (Fsp3) is 0.833. The van der Waals surface area contributed by atoms with Gasteiger partial charge in [-0.25, -0.2) is 0 Å². The van der Waals surface area contributed by atoms with E-state index in [0.717, 1.165) is 0 Å².